The summed E-state index contributed by atoms with van der Waals surface area (Å²) in [6.07, 6.45) is 1.50. The highest BCUT2D eigenvalue weighted by Crippen LogP contribution is 2.22. The van der Waals surface area contributed by atoms with E-state index in [-0.39, 0.29) is 0 Å². The molecule has 92 valence electrons. The van der Waals surface area contributed by atoms with Gasteiger partial charge in [0.2, 0.25) is 0 Å². The molecule has 0 unspecified atom stereocenters. The number of hydrogen-bond donors (Lipinski definition) is 0. The lowest BCUT2D eigenvalue weighted by Crippen LogP contribution is -1.91. The highest BCUT2D eigenvalue weighted by atomic mass is 79.9. The van der Waals surface area contributed by atoms with E-state index in [1.54, 1.807) is 0 Å². The quantitative estimate of drug-likeness (QED) is 0.719. The summed E-state index contributed by atoms with van der Waals surface area (Å²) in [5, 5.41) is 0. The van der Waals surface area contributed by atoms with E-state index in [1.807, 2.05) is 30.3 Å². The van der Waals surface area contributed by atoms with Crippen molar-refractivity contribution in [3.05, 3.63) is 65.7 Å². The monoisotopic (exact) mass is 311 g/mol. The molecule has 0 saturated carbocycles. The highest BCUT2D eigenvalue weighted by Gasteiger charge is 2.03. The summed E-state index contributed by atoms with van der Waals surface area (Å²) in [6.45, 7) is 0. The van der Waals surface area contributed by atoms with Crippen molar-refractivity contribution >= 4 is 15.9 Å². The molecule has 1 heterocycles. The number of aromatic nitrogens is 3. The van der Waals surface area contributed by atoms with Crippen LogP contribution in [0.5, 0.6) is 0 Å². The van der Waals surface area contributed by atoms with Crippen LogP contribution in [0.2, 0.25) is 0 Å². The Morgan fingerprint density at radius 3 is 2.00 bits per heavy atom. The second-order valence-electron chi connectivity index (χ2n) is 4.02. The maximum Gasteiger partial charge on any atom is 0.200 e. The third-order valence-corrected chi connectivity index (χ3v) is 3.17. The zero-order chi connectivity index (χ0) is 13.1. The smallest absolute Gasteiger partial charge is 0.200 e. The van der Waals surface area contributed by atoms with Gasteiger partial charge in [0, 0.05) is 5.56 Å². The second-order valence-corrected chi connectivity index (χ2v) is 4.73. The SMILES string of the molecule is Brc1ncnc(-c2ccc(-c3ccccc3)cc2)n1. The molecule has 4 heteroatoms. The summed E-state index contributed by atoms with van der Waals surface area (Å²) in [5.74, 6) is 0.668. The van der Waals surface area contributed by atoms with Crippen molar-refractivity contribution in [3.63, 3.8) is 0 Å². The van der Waals surface area contributed by atoms with Gasteiger partial charge in [-0.05, 0) is 27.1 Å². The van der Waals surface area contributed by atoms with Crippen LogP contribution in [0.15, 0.2) is 65.7 Å². The van der Waals surface area contributed by atoms with Gasteiger partial charge in [-0.25, -0.2) is 15.0 Å². The number of rotatable bonds is 2. The van der Waals surface area contributed by atoms with Gasteiger partial charge in [-0.3, -0.25) is 0 Å². The summed E-state index contributed by atoms with van der Waals surface area (Å²) in [6, 6.07) is 18.4. The van der Waals surface area contributed by atoms with Gasteiger partial charge in [-0.2, -0.15) is 0 Å². The zero-order valence-electron chi connectivity index (χ0n) is 9.99. The molecule has 0 aliphatic heterocycles. The normalized spacial score (nSPS) is 10.4. The fraction of sp³-hybridized carbons (Fsp3) is 0. The molecule has 0 aliphatic rings. The Balaban J connectivity index is 1.95. The van der Waals surface area contributed by atoms with E-state index in [2.05, 4.69) is 55.1 Å². The Labute approximate surface area is 119 Å². The van der Waals surface area contributed by atoms with Gasteiger partial charge in [0.15, 0.2) is 10.6 Å². The van der Waals surface area contributed by atoms with Crippen molar-refractivity contribution in [3.8, 4) is 22.5 Å². The lowest BCUT2D eigenvalue weighted by molar-refractivity contribution is 1.02. The molecule has 0 saturated heterocycles. The van der Waals surface area contributed by atoms with Gasteiger partial charge in [0.1, 0.15) is 6.33 Å². The summed E-state index contributed by atoms with van der Waals surface area (Å²) in [5.41, 5.74) is 3.35. The van der Waals surface area contributed by atoms with Crippen LogP contribution in [0.25, 0.3) is 22.5 Å². The molecule has 19 heavy (non-hydrogen) atoms. The van der Waals surface area contributed by atoms with Crippen LogP contribution >= 0.6 is 15.9 Å². The summed E-state index contributed by atoms with van der Waals surface area (Å²) >= 11 is 3.25. The predicted octanol–water partition coefficient (Wildman–Crippen LogP) is 3.97. The topological polar surface area (TPSA) is 38.7 Å². The van der Waals surface area contributed by atoms with Gasteiger partial charge in [0.05, 0.1) is 0 Å². The van der Waals surface area contributed by atoms with Crippen molar-refractivity contribution in [2.75, 3.05) is 0 Å². The van der Waals surface area contributed by atoms with Gasteiger partial charge in [-0.1, -0.05) is 54.6 Å². The first-order chi connectivity index (χ1) is 9.33. The third-order valence-electron chi connectivity index (χ3n) is 2.79. The molecule has 3 rings (SSSR count). The minimum atomic E-state index is 0.546. The van der Waals surface area contributed by atoms with E-state index in [1.165, 1.54) is 17.5 Å². The highest BCUT2D eigenvalue weighted by molar-refractivity contribution is 9.10. The minimum absolute atomic E-state index is 0.546. The Morgan fingerprint density at radius 1 is 0.684 bits per heavy atom. The van der Waals surface area contributed by atoms with Gasteiger partial charge < -0.3 is 0 Å². The molecule has 0 N–H and O–H groups in total. The second kappa shape index (κ2) is 5.28. The summed E-state index contributed by atoms with van der Waals surface area (Å²) < 4.78 is 0.546. The molecule has 0 bridgehead atoms. The van der Waals surface area contributed by atoms with Crippen LogP contribution in [-0.4, -0.2) is 15.0 Å². The average molecular weight is 312 g/mol. The first-order valence-corrected chi connectivity index (χ1v) is 6.62. The van der Waals surface area contributed by atoms with Crippen molar-refractivity contribution < 1.29 is 0 Å². The average Bonchev–Trinajstić information content (AvgIpc) is 2.48. The molecule has 1 aromatic heterocycles. The van der Waals surface area contributed by atoms with E-state index in [9.17, 15) is 0 Å². The van der Waals surface area contributed by atoms with Crippen LogP contribution in [0.1, 0.15) is 0 Å². The van der Waals surface area contributed by atoms with Crippen molar-refractivity contribution in [1.29, 1.82) is 0 Å². The zero-order valence-corrected chi connectivity index (χ0v) is 11.6. The molecule has 3 aromatic rings. The maximum atomic E-state index is 4.24. The lowest BCUT2D eigenvalue weighted by atomic mass is 10.0. The molecular formula is C15H10BrN3. The Morgan fingerprint density at radius 2 is 1.32 bits per heavy atom. The largest absolute Gasteiger partial charge is 0.216 e. The molecule has 3 nitrogen and oxygen atoms in total. The van der Waals surface area contributed by atoms with Gasteiger partial charge >= 0.3 is 0 Å². The molecule has 0 spiro atoms. The fourth-order valence-corrected chi connectivity index (χ4v) is 2.12. The van der Waals surface area contributed by atoms with Crippen molar-refractivity contribution in [1.82, 2.24) is 15.0 Å². The standard InChI is InChI=1S/C15H10BrN3/c16-15-18-10-17-14(19-15)13-8-6-12(7-9-13)11-4-2-1-3-5-11/h1-10H. The summed E-state index contributed by atoms with van der Waals surface area (Å²) in [4.78, 5) is 12.3. The van der Waals surface area contributed by atoms with E-state index in [4.69, 9.17) is 0 Å². The minimum Gasteiger partial charge on any atom is -0.216 e. The van der Waals surface area contributed by atoms with E-state index < -0.39 is 0 Å². The molecule has 0 atom stereocenters. The molecule has 2 aromatic carbocycles. The molecule has 0 aliphatic carbocycles. The third kappa shape index (κ3) is 2.69. The van der Waals surface area contributed by atoms with Crippen LogP contribution in [-0.2, 0) is 0 Å². The van der Waals surface area contributed by atoms with Crippen molar-refractivity contribution in [2.45, 2.75) is 0 Å². The molecule has 0 radical (unpaired) electrons. The number of nitrogens with zero attached hydrogens (tertiary/aromatic N) is 3. The Kier molecular flexibility index (Phi) is 3.33. The van der Waals surface area contributed by atoms with Gasteiger partial charge in [0.25, 0.3) is 0 Å². The number of benzene rings is 2. The number of hydrogen-bond acceptors (Lipinski definition) is 3. The van der Waals surface area contributed by atoms with Crippen LogP contribution in [0.4, 0.5) is 0 Å². The molecule has 0 amide bonds. The Bertz CT molecular complexity index is 681. The first kappa shape index (κ1) is 12.0. The Hall–Kier alpha value is -2.07. The van der Waals surface area contributed by atoms with Crippen LogP contribution in [0, 0.1) is 0 Å². The molecular weight excluding hydrogens is 302 g/mol. The van der Waals surface area contributed by atoms with Crippen molar-refractivity contribution in [2.24, 2.45) is 0 Å². The lowest BCUT2D eigenvalue weighted by Gasteiger charge is -2.03. The van der Waals surface area contributed by atoms with E-state index >= 15 is 0 Å². The maximum absolute atomic E-state index is 4.24. The predicted molar refractivity (Wildman–Crippen MR) is 78.4 cm³/mol. The first-order valence-electron chi connectivity index (χ1n) is 5.83. The van der Waals surface area contributed by atoms with E-state index in [0.717, 1.165) is 5.56 Å². The molecule has 0 fully saturated rings. The summed E-state index contributed by atoms with van der Waals surface area (Å²) in [7, 11) is 0. The van der Waals surface area contributed by atoms with Crippen LogP contribution in [0.3, 0.4) is 0 Å². The number of halogens is 1. The van der Waals surface area contributed by atoms with Crippen LogP contribution < -0.4 is 0 Å². The fourth-order valence-electron chi connectivity index (χ4n) is 1.86. The van der Waals surface area contributed by atoms with Gasteiger partial charge in [-0.15, -0.1) is 0 Å². The van der Waals surface area contributed by atoms with E-state index in [0.29, 0.717) is 10.6 Å².